The van der Waals surface area contributed by atoms with Crippen LogP contribution in [0.1, 0.15) is 25.7 Å². The van der Waals surface area contributed by atoms with E-state index in [0.717, 1.165) is 12.8 Å². The van der Waals surface area contributed by atoms with Crippen LogP contribution in [0.25, 0.3) is 0 Å². The summed E-state index contributed by atoms with van der Waals surface area (Å²) in [5, 5.41) is 0. The second-order valence-corrected chi connectivity index (χ2v) is 5.19. The van der Waals surface area contributed by atoms with Crippen molar-refractivity contribution >= 4 is 5.97 Å². The average molecular weight is 206 g/mol. The van der Waals surface area contributed by atoms with Crippen molar-refractivity contribution in [2.45, 2.75) is 43.5 Å². The van der Waals surface area contributed by atoms with E-state index in [1.165, 1.54) is 12.8 Å². The Bertz CT molecular complexity index is 354. The highest BCUT2D eigenvalue weighted by Gasteiger charge is 2.66. The number of hydrogen-bond donors (Lipinski definition) is 0. The fraction of sp³-hybridized carbons (Fsp3) is 0.750. The van der Waals surface area contributed by atoms with Gasteiger partial charge in [-0.05, 0) is 25.7 Å². The van der Waals surface area contributed by atoms with E-state index >= 15 is 0 Å². The summed E-state index contributed by atoms with van der Waals surface area (Å²) >= 11 is 0. The average Bonchev–Trinajstić information content (AvgIpc) is 2.93. The highest BCUT2D eigenvalue weighted by atomic mass is 16.6. The Morgan fingerprint density at radius 2 is 1.93 bits per heavy atom. The fourth-order valence-electron chi connectivity index (χ4n) is 3.96. The van der Waals surface area contributed by atoms with Gasteiger partial charge in [0.1, 0.15) is 5.60 Å². The summed E-state index contributed by atoms with van der Waals surface area (Å²) in [7, 11) is 0. The standard InChI is InChI=1S/C12H14O3/c13-11-9-7-3-4-8(14-7)10(9)12(15-11)5-1-2-6-12/h3-4,7-10H,1-2,5-6H2/t7-,8+,9-,10+/m0/s1. The Hall–Kier alpha value is -0.830. The van der Waals surface area contributed by atoms with Crippen LogP contribution in [0.5, 0.6) is 0 Å². The first-order chi connectivity index (χ1) is 7.30. The smallest absolute Gasteiger partial charge is 0.313 e. The molecule has 3 heteroatoms. The molecule has 3 nitrogen and oxygen atoms in total. The predicted molar refractivity (Wildman–Crippen MR) is 52.1 cm³/mol. The highest BCUT2D eigenvalue weighted by molar-refractivity contribution is 5.78. The summed E-state index contributed by atoms with van der Waals surface area (Å²) in [6.45, 7) is 0. The van der Waals surface area contributed by atoms with Crippen LogP contribution in [0, 0.1) is 11.8 Å². The summed E-state index contributed by atoms with van der Waals surface area (Å²) < 4.78 is 11.5. The van der Waals surface area contributed by atoms with E-state index in [2.05, 4.69) is 6.08 Å². The quantitative estimate of drug-likeness (QED) is 0.444. The molecular weight excluding hydrogens is 192 g/mol. The number of rotatable bonds is 0. The van der Waals surface area contributed by atoms with Gasteiger partial charge in [0.15, 0.2) is 0 Å². The molecule has 15 heavy (non-hydrogen) atoms. The largest absolute Gasteiger partial charge is 0.458 e. The molecule has 3 heterocycles. The maximum atomic E-state index is 11.9. The van der Waals surface area contributed by atoms with Gasteiger partial charge in [0.05, 0.1) is 18.1 Å². The van der Waals surface area contributed by atoms with Gasteiger partial charge in [-0.1, -0.05) is 12.2 Å². The molecule has 1 aliphatic carbocycles. The first kappa shape index (κ1) is 8.34. The van der Waals surface area contributed by atoms with Crippen molar-refractivity contribution < 1.29 is 14.3 Å². The summed E-state index contributed by atoms with van der Waals surface area (Å²) in [5.41, 5.74) is -0.161. The predicted octanol–water partition coefficient (Wildman–Crippen LogP) is 1.43. The molecule has 4 atom stereocenters. The van der Waals surface area contributed by atoms with Crippen LogP contribution in [-0.4, -0.2) is 23.8 Å². The lowest BCUT2D eigenvalue weighted by Gasteiger charge is -2.30. The van der Waals surface area contributed by atoms with Gasteiger partial charge in [0, 0.05) is 5.92 Å². The zero-order chi connectivity index (χ0) is 10.0. The number of carbonyl (C=O) groups excluding carboxylic acids is 1. The van der Waals surface area contributed by atoms with Crippen LogP contribution in [0.2, 0.25) is 0 Å². The third kappa shape index (κ3) is 0.842. The van der Waals surface area contributed by atoms with Crippen LogP contribution in [0.4, 0.5) is 0 Å². The molecule has 1 saturated carbocycles. The molecule has 3 aliphatic heterocycles. The van der Waals surface area contributed by atoms with Gasteiger partial charge >= 0.3 is 5.97 Å². The molecule has 0 N–H and O–H groups in total. The lowest BCUT2D eigenvalue weighted by Crippen LogP contribution is -2.38. The number of carbonyl (C=O) groups is 1. The van der Waals surface area contributed by atoms with E-state index in [-0.39, 0.29) is 29.7 Å². The fourth-order valence-corrected chi connectivity index (χ4v) is 3.96. The van der Waals surface area contributed by atoms with Crippen molar-refractivity contribution in [3.63, 3.8) is 0 Å². The molecule has 1 spiro atoms. The molecule has 0 radical (unpaired) electrons. The highest BCUT2D eigenvalue weighted by Crippen LogP contribution is 2.56. The first-order valence-corrected chi connectivity index (χ1v) is 5.87. The Balaban J connectivity index is 1.80. The van der Waals surface area contributed by atoms with Gasteiger partial charge in [-0.15, -0.1) is 0 Å². The molecule has 4 rings (SSSR count). The minimum absolute atomic E-state index is 0.00176. The molecule has 2 bridgehead atoms. The van der Waals surface area contributed by atoms with E-state index in [0.29, 0.717) is 5.92 Å². The molecule has 4 aliphatic rings. The Morgan fingerprint density at radius 1 is 1.20 bits per heavy atom. The van der Waals surface area contributed by atoms with E-state index in [1.807, 2.05) is 6.08 Å². The second-order valence-electron chi connectivity index (χ2n) is 5.19. The Labute approximate surface area is 88.4 Å². The van der Waals surface area contributed by atoms with Crippen LogP contribution in [-0.2, 0) is 14.3 Å². The van der Waals surface area contributed by atoms with Crippen molar-refractivity contribution in [3.05, 3.63) is 12.2 Å². The number of fused-ring (bicyclic) bond motifs is 6. The van der Waals surface area contributed by atoms with Crippen LogP contribution in [0.3, 0.4) is 0 Å². The molecule has 0 unspecified atom stereocenters. The van der Waals surface area contributed by atoms with Gasteiger partial charge < -0.3 is 9.47 Å². The maximum Gasteiger partial charge on any atom is 0.313 e. The first-order valence-electron chi connectivity index (χ1n) is 5.87. The summed E-state index contributed by atoms with van der Waals surface area (Å²) in [6, 6.07) is 0. The molecule has 3 fully saturated rings. The van der Waals surface area contributed by atoms with Gasteiger partial charge in [0.2, 0.25) is 0 Å². The number of hydrogen-bond acceptors (Lipinski definition) is 3. The summed E-state index contributed by atoms with van der Waals surface area (Å²) in [4.78, 5) is 11.9. The lowest BCUT2D eigenvalue weighted by atomic mass is 9.74. The number of esters is 1. The van der Waals surface area contributed by atoms with E-state index in [1.54, 1.807) is 0 Å². The van der Waals surface area contributed by atoms with E-state index in [9.17, 15) is 4.79 Å². The van der Waals surface area contributed by atoms with Gasteiger partial charge in [-0.3, -0.25) is 4.79 Å². The molecule has 0 aromatic carbocycles. The molecule has 0 aromatic heterocycles. The molecule has 2 saturated heterocycles. The van der Waals surface area contributed by atoms with Gasteiger partial charge in [-0.25, -0.2) is 0 Å². The van der Waals surface area contributed by atoms with E-state index in [4.69, 9.17) is 9.47 Å². The van der Waals surface area contributed by atoms with Crippen LogP contribution >= 0.6 is 0 Å². The lowest BCUT2D eigenvalue weighted by molar-refractivity contribution is -0.154. The second kappa shape index (κ2) is 2.46. The van der Waals surface area contributed by atoms with Crippen LogP contribution in [0.15, 0.2) is 12.2 Å². The van der Waals surface area contributed by atoms with Gasteiger partial charge in [0.25, 0.3) is 0 Å². The summed E-state index contributed by atoms with van der Waals surface area (Å²) in [6.07, 6.45) is 8.77. The normalized spacial score (nSPS) is 48.9. The summed E-state index contributed by atoms with van der Waals surface area (Å²) in [5.74, 6) is 0.291. The van der Waals surface area contributed by atoms with Crippen molar-refractivity contribution in [1.29, 1.82) is 0 Å². The van der Waals surface area contributed by atoms with Crippen molar-refractivity contribution in [2.75, 3.05) is 0 Å². The van der Waals surface area contributed by atoms with Gasteiger partial charge in [-0.2, -0.15) is 0 Å². The monoisotopic (exact) mass is 206 g/mol. The van der Waals surface area contributed by atoms with E-state index < -0.39 is 0 Å². The SMILES string of the molecule is O=C1OC2(CCCC2)[C@H]2[C@@H]1[C@@H]1C=C[C@H]2O1. The third-order valence-electron chi connectivity index (χ3n) is 4.53. The zero-order valence-corrected chi connectivity index (χ0v) is 8.52. The molecule has 80 valence electrons. The zero-order valence-electron chi connectivity index (χ0n) is 8.52. The van der Waals surface area contributed by atoms with Crippen LogP contribution < -0.4 is 0 Å². The number of ether oxygens (including phenoxy) is 2. The van der Waals surface area contributed by atoms with Crippen molar-refractivity contribution in [3.8, 4) is 0 Å². The molecular formula is C12H14O3. The Kier molecular flexibility index (Phi) is 1.37. The minimum Gasteiger partial charge on any atom is -0.458 e. The van der Waals surface area contributed by atoms with Crippen molar-refractivity contribution in [1.82, 2.24) is 0 Å². The molecule has 0 amide bonds. The maximum absolute atomic E-state index is 11.9. The minimum atomic E-state index is -0.161. The third-order valence-corrected chi connectivity index (χ3v) is 4.53. The Morgan fingerprint density at radius 3 is 2.73 bits per heavy atom. The topological polar surface area (TPSA) is 35.5 Å². The van der Waals surface area contributed by atoms with Crippen molar-refractivity contribution in [2.24, 2.45) is 11.8 Å². The molecule has 0 aromatic rings.